The minimum absolute atomic E-state index is 0.00817. The molecule has 3 heterocycles. The first-order chi connectivity index (χ1) is 15.2. The van der Waals surface area contributed by atoms with E-state index in [9.17, 15) is 19.5 Å². The van der Waals surface area contributed by atoms with E-state index in [1.54, 1.807) is 17.1 Å². The van der Waals surface area contributed by atoms with E-state index in [-0.39, 0.29) is 37.6 Å². The highest BCUT2D eigenvalue weighted by atomic mass is 16.6. The largest absolute Gasteiger partial charge is 0.465 e. The van der Waals surface area contributed by atoms with Crippen LogP contribution in [0.5, 0.6) is 0 Å². The molecule has 0 radical (unpaired) electrons. The summed E-state index contributed by atoms with van der Waals surface area (Å²) < 4.78 is 12.1. The summed E-state index contributed by atoms with van der Waals surface area (Å²) in [6, 6.07) is -1.01. The molecule has 1 N–H and O–H groups in total. The van der Waals surface area contributed by atoms with Gasteiger partial charge in [0.1, 0.15) is 17.6 Å². The van der Waals surface area contributed by atoms with Crippen LogP contribution in [0, 0.1) is 11.8 Å². The first-order valence-corrected chi connectivity index (χ1v) is 11.5. The summed E-state index contributed by atoms with van der Waals surface area (Å²) in [7, 11) is 0. The maximum Gasteiger partial charge on any atom is 0.312 e. The molecule has 3 rings (SSSR count). The molecule has 0 aromatic heterocycles. The zero-order chi connectivity index (χ0) is 23.7. The van der Waals surface area contributed by atoms with Gasteiger partial charge < -0.3 is 24.4 Å². The molecule has 3 fully saturated rings. The van der Waals surface area contributed by atoms with Crippen LogP contribution in [0.25, 0.3) is 0 Å². The van der Waals surface area contributed by atoms with E-state index in [1.807, 2.05) is 20.8 Å². The molecule has 0 saturated carbocycles. The second-order valence-corrected chi connectivity index (χ2v) is 9.21. The fourth-order valence-corrected chi connectivity index (χ4v) is 5.89. The molecule has 0 aromatic rings. The number of nitrogens with zero attached hydrogens (tertiary/aromatic N) is 2. The predicted octanol–water partition coefficient (Wildman–Crippen LogP) is 1.68. The number of β-amino-alcohol motifs (C(OH)–C–C–N with tert-alkyl or cyclic N) is 1. The monoisotopic (exact) mass is 448 g/mol. The Hall–Kier alpha value is -2.19. The van der Waals surface area contributed by atoms with Crippen LogP contribution in [-0.2, 0) is 23.9 Å². The van der Waals surface area contributed by atoms with Crippen molar-refractivity contribution in [3.05, 3.63) is 25.3 Å². The van der Waals surface area contributed by atoms with Gasteiger partial charge in [0.15, 0.2) is 0 Å². The van der Waals surface area contributed by atoms with Gasteiger partial charge in [-0.2, -0.15) is 0 Å². The quantitative estimate of drug-likeness (QED) is 0.293. The number of aliphatic hydroxyl groups excluding tert-OH is 1. The fraction of sp³-hybridized carbons (Fsp3) is 0.708. The normalized spacial score (nSPS) is 32.8. The number of hydrogen-bond donors (Lipinski definition) is 1. The molecule has 2 bridgehead atoms. The van der Waals surface area contributed by atoms with Crippen LogP contribution in [0.3, 0.4) is 0 Å². The molecule has 5 atom stereocenters. The number of fused-ring (bicyclic) bond motifs is 1. The van der Waals surface area contributed by atoms with E-state index in [1.165, 1.54) is 4.90 Å². The highest BCUT2D eigenvalue weighted by Crippen LogP contribution is 2.64. The second kappa shape index (κ2) is 9.35. The zero-order valence-corrected chi connectivity index (χ0v) is 19.4. The SMILES string of the molecule is C=CCCOC(=O)[C@@H]1[C@H]2C(=O)N(CCO)C(C(=O)N(CC=C)C(C)C)C23CC[C@@]1(CC)O3. The fourth-order valence-electron chi connectivity index (χ4n) is 5.89. The Bertz CT molecular complexity index is 782. The van der Waals surface area contributed by atoms with Gasteiger partial charge in [-0.1, -0.05) is 19.1 Å². The van der Waals surface area contributed by atoms with E-state index < -0.39 is 35.0 Å². The Morgan fingerprint density at radius 2 is 2.06 bits per heavy atom. The molecule has 2 unspecified atom stereocenters. The minimum atomic E-state index is -1.10. The predicted molar refractivity (Wildman–Crippen MR) is 118 cm³/mol. The number of likely N-dealkylation sites (tertiary alicyclic amines) is 1. The maximum absolute atomic E-state index is 13.8. The number of rotatable bonds is 11. The lowest BCUT2D eigenvalue weighted by Crippen LogP contribution is -2.57. The van der Waals surface area contributed by atoms with Gasteiger partial charge in [0, 0.05) is 19.1 Å². The molecule has 32 heavy (non-hydrogen) atoms. The number of carbonyl (C=O) groups excluding carboxylic acids is 3. The Morgan fingerprint density at radius 1 is 1.34 bits per heavy atom. The second-order valence-electron chi connectivity index (χ2n) is 9.21. The van der Waals surface area contributed by atoms with Crippen molar-refractivity contribution in [3.63, 3.8) is 0 Å². The number of carbonyl (C=O) groups is 3. The van der Waals surface area contributed by atoms with Gasteiger partial charge in [-0.05, 0) is 39.5 Å². The number of ether oxygens (including phenoxy) is 2. The van der Waals surface area contributed by atoms with Crippen molar-refractivity contribution in [2.24, 2.45) is 11.8 Å². The summed E-state index contributed by atoms with van der Waals surface area (Å²) in [4.78, 5) is 43.7. The molecule has 8 nitrogen and oxygen atoms in total. The van der Waals surface area contributed by atoms with Crippen molar-refractivity contribution in [1.29, 1.82) is 0 Å². The molecule has 0 aliphatic carbocycles. The standard InChI is InChI=1S/C24H36N2O6/c1-6-9-15-31-22(30)18-17-20(28)26(13-14-27)19(21(29)25(12-7-2)16(4)5)24(17)11-10-23(18,8-3)32-24/h6-7,16-19,27H,1-2,8-15H2,3-5H3/t17-,18-,19?,23+,24?/m0/s1. The molecule has 178 valence electrons. The van der Waals surface area contributed by atoms with Crippen LogP contribution in [0.2, 0.25) is 0 Å². The van der Waals surface area contributed by atoms with Crippen molar-refractivity contribution in [1.82, 2.24) is 9.80 Å². The molecule has 0 aromatic carbocycles. The van der Waals surface area contributed by atoms with Crippen molar-refractivity contribution in [3.8, 4) is 0 Å². The van der Waals surface area contributed by atoms with Crippen molar-refractivity contribution < 1.29 is 29.0 Å². The van der Waals surface area contributed by atoms with Crippen LogP contribution in [0.1, 0.15) is 46.5 Å². The van der Waals surface area contributed by atoms with Crippen molar-refractivity contribution >= 4 is 17.8 Å². The third kappa shape index (κ3) is 3.57. The van der Waals surface area contributed by atoms with Gasteiger partial charge in [0.2, 0.25) is 11.8 Å². The minimum Gasteiger partial charge on any atom is -0.465 e. The summed E-state index contributed by atoms with van der Waals surface area (Å²) in [5.74, 6) is -2.59. The highest BCUT2D eigenvalue weighted by Gasteiger charge is 2.79. The average Bonchev–Trinajstić information content (AvgIpc) is 3.36. The molecule has 8 heteroatoms. The van der Waals surface area contributed by atoms with Crippen molar-refractivity contribution in [2.45, 2.75) is 69.7 Å². The van der Waals surface area contributed by atoms with Crippen molar-refractivity contribution in [2.75, 3.05) is 26.3 Å². The van der Waals surface area contributed by atoms with Gasteiger partial charge in [-0.25, -0.2) is 0 Å². The first kappa shape index (κ1) is 24.5. The Kier molecular flexibility index (Phi) is 7.15. The lowest BCUT2D eigenvalue weighted by molar-refractivity contribution is -0.162. The van der Waals surface area contributed by atoms with E-state index in [0.717, 1.165) is 0 Å². The summed E-state index contributed by atoms with van der Waals surface area (Å²) in [5.41, 5.74) is -1.92. The lowest BCUT2D eigenvalue weighted by atomic mass is 9.65. The third-order valence-corrected chi connectivity index (χ3v) is 7.31. The number of esters is 1. The van der Waals surface area contributed by atoms with Gasteiger partial charge >= 0.3 is 5.97 Å². The summed E-state index contributed by atoms with van der Waals surface area (Å²) in [6.07, 6.45) is 5.47. The van der Waals surface area contributed by atoms with Gasteiger partial charge in [0.05, 0.1) is 24.7 Å². The number of aliphatic hydroxyl groups is 1. The van der Waals surface area contributed by atoms with E-state index in [0.29, 0.717) is 32.2 Å². The van der Waals surface area contributed by atoms with E-state index in [2.05, 4.69) is 13.2 Å². The average molecular weight is 449 g/mol. The molecule has 1 spiro atoms. The van der Waals surface area contributed by atoms with Gasteiger partial charge in [-0.3, -0.25) is 14.4 Å². The maximum atomic E-state index is 13.8. The molecular weight excluding hydrogens is 412 g/mol. The molecule has 2 amide bonds. The Balaban J connectivity index is 2.05. The molecule has 3 aliphatic rings. The molecular formula is C24H36N2O6. The van der Waals surface area contributed by atoms with Crippen LogP contribution >= 0.6 is 0 Å². The van der Waals surface area contributed by atoms with Crippen LogP contribution < -0.4 is 0 Å². The number of amides is 2. The summed E-state index contributed by atoms with van der Waals surface area (Å²) >= 11 is 0. The first-order valence-electron chi connectivity index (χ1n) is 11.5. The van der Waals surface area contributed by atoms with E-state index in [4.69, 9.17) is 9.47 Å². The van der Waals surface area contributed by atoms with Crippen LogP contribution in [0.4, 0.5) is 0 Å². The Labute approximate surface area is 190 Å². The smallest absolute Gasteiger partial charge is 0.312 e. The lowest BCUT2D eigenvalue weighted by Gasteiger charge is -2.38. The summed E-state index contributed by atoms with van der Waals surface area (Å²) in [5, 5.41) is 9.66. The number of hydrogen-bond acceptors (Lipinski definition) is 6. The summed E-state index contributed by atoms with van der Waals surface area (Å²) in [6.45, 7) is 13.4. The Morgan fingerprint density at radius 3 is 2.62 bits per heavy atom. The molecule has 3 aliphatic heterocycles. The van der Waals surface area contributed by atoms with Gasteiger partial charge in [0.25, 0.3) is 0 Å². The van der Waals surface area contributed by atoms with Crippen LogP contribution in [0.15, 0.2) is 25.3 Å². The zero-order valence-electron chi connectivity index (χ0n) is 19.4. The molecule has 3 saturated heterocycles. The van der Waals surface area contributed by atoms with E-state index >= 15 is 0 Å². The van der Waals surface area contributed by atoms with Gasteiger partial charge in [-0.15, -0.1) is 13.2 Å². The van der Waals surface area contributed by atoms with Crippen LogP contribution in [-0.4, -0.2) is 82.3 Å². The highest BCUT2D eigenvalue weighted by molar-refractivity contribution is 5.98. The topological polar surface area (TPSA) is 96.4 Å². The third-order valence-electron chi connectivity index (χ3n) is 7.31.